The van der Waals surface area contributed by atoms with Gasteiger partial charge in [-0.05, 0) is 115 Å². The molecule has 0 aliphatic carbocycles. The van der Waals surface area contributed by atoms with E-state index in [2.05, 4.69) is 104 Å². The molecule has 0 saturated heterocycles. The summed E-state index contributed by atoms with van der Waals surface area (Å²) in [5.74, 6) is 0. The molecule has 17 heavy (non-hydrogen) atoms. The molecule has 92 valence electrons. The van der Waals surface area contributed by atoms with E-state index in [1.54, 1.807) is 0 Å². The van der Waals surface area contributed by atoms with Crippen LogP contribution in [0.15, 0.2) is 8.42 Å². The maximum Gasteiger partial charge on any atom is 0.0801 e. The fourth-order valence-corrected chi connectivity index (χ4v) is 9.61. The molecule has 7 heteroatoms. The van der Waals surface area contributed by atoms with Crippen LogP contribution in [0.2, 0.25) is 0 Å². The van der Waals surface area contributed by atoms with E-state index in [0.717, 1.165) is 0 Å². The Hall–Kier alpha value is 2.67. The average Bonchev–Trinajstić information content (AvgIpc) is 2.66. The maximum absolute atomic E-state index is 2.44. The van der Waals surface area contributed by atoms with E-state index >= 15 is 0 Å². The minimum Gasteiger partial charge on any atom is -0.121 e. The van der Waals surface area contributed by atoms with E-state index in [1.807, 2.05) is 34.4 Å². The van der Waals surface area contributed by atoms with Gasteiger partial charge >= 0.3 is 0 Å². The Kier molecular flexibility index (Phi) is 6.25. The van der Waals surface area contributed by atoms with Gasteiger partial charge in [-0.25, -0.2) is 0 Å². The average molecular weight is 730 g/mol. The minimum atomic E-state index is 1.40. The number of halogens is 4. The van der Waals surface area contributed by atoms with E-state index < -0.39 is 0 Å². The molecule has 0 saturated carbocycles. The van der Waals surface area contributed by atoms with E-state index in [4.69, 9.17) is 0 Å². The Morgan fingerprint density at radius 3 is 1.35 bits per heavy atom. The zero-order valence-electron chi connectivity index (χ0n) is 8.74. The zero-order valence-corrected chi connectivity index (χ0v) is 19.8. The first-order valence-corrected chi connectivity index (χ1v) is 11.2. The van der Waals surface area contributed by atoms with Crippen molar-refractivity contribution in [2.75, 3.05) is 0 Å². The number of thiophene rings is 2. The van der Waals surface area contributed by atoms with Crippen molar-refractivity contribution in [3.05, 3.63) is 24.0 Å². The normalized spacial score (nSPS) is 11.2. The summed E-state index contributed by atoms with van der Waals surface area (Å²) in [6.07, 6.45) is 0. The Balaban J connectivity index is 2.38. The molecule has 0 N–H and O–H groups in total. The van der Waals surface area contributed by atoms with Gasteiger partial charge in [0.1, 0.15) is 0 Å². The topological polar surface area (TPSA) is 0 Å². The lowest BCUT2D eigenvalue weighted by Gasteiger charge is -1.98. The van der Waals surface area contributed by atoms with Crippen molar-refractivity contribution in [3.63, 3.8) is 0 Å². The highest BCUT2D eigenvalue weighted by molar-refractivity contribution is 14.1. The molecule has 0 bridgehead atoms. The van der Waals surface area contributed by atoms with Crippen molar-refractivity contribution in [2.45, 2.75) is 22.3 Å². The quantitative estimate of drug-likeness (QED) is 0.301. The second-order valence-electron chi connectivity index (χ2n) is 3.31. The van der Waals surface area contributed by atoms with Gasteiger partial charge in [0.05, 0.1) is 14.2 Å². The molecule has 0 aliphatic rings. The van der Waals surface area contributed by atoms with Gasteiger partial charge in [0, 0.05) is 7.14 Å². The lowest BCUT2D eigenvalue weighted by molar-refractivity contribution is 1.36. The van der Waals surface area contributed by atoms with Crippen LogP contribution in [-0.4, -0.2) is 0 Å². The molecule has 0 unspecified atom stereocenters. The molecule has 2 aromatic heterocycles. The Morgan fingerprint density at radius 2 is 1.12 bits per heavy atom. The summed E-state index contributed by atoms with van der Waals surface area (Å²) >= 11 is 15.5. The second-order valence-corrected chi connectivity index (χ2v) is 12.7. The minimum absolute atomic E-state index is 1.40. The first-order valence-electron chi connectivity index (χ1n) is 4.48. The lowest BCUT2D eigenvalue weighted by atomic mass is 10.4. The summed E-state index contributed by atoms with van der Waals surface area (Å²) < 4.78 is 8.51. The fourth-order valence-electron chi connectivity index (χ4n) is 1.16. The van der Waals surface area contributed by atoms with Crippen LogP contribution in [0.25, 0.3) is 0 Å². The molecule has 0 radical (unpaired) electrons. The van der Waals surface area contributed by atoms with Gasteiger partial charge in [-0.15, -0.1) is 22.7 Å². The first kappa shape index (κ1) is 16.0. The molecule has 2 heterocycles. The van der Waals surface area contributed by atoms with Gasteiger partial charge in [-0.2, -0.15) is 0 Å². The van der Waals surface area contributed by atoms with E-state index in [0.29, 0.717) is 0 Å². The molecule has 0 aliphatic heterocycles. The van der Waals surface area contributed by atoms with Crippen molar-refractivity contribution < 1.29 is 0 Å². The van der Waals surface area contributed by atoms with Crippen molar-refractivity contribution >= 4 is 125 Å². The van der Waals surface area contributed by atoms with Crippen molar-refractivity contribution in [2.24, 2.45) is 0 Å². The predicted octanol–water partition coefficient (Wildman–Crippen LogP) is 7.00. The largest absolute Gasteiger partial charge is 0.121 e. The number of hydrogen-bond acceptors (Lipinski definition) is 3. The molecule has 0 amide bonds. The second kappa shape index (κ2) is 6.62. The molecular weight excluding hydrogens is 724 g/mol. The highest BCUT2D eigenvalue weighted by Crippen LogP contribution is 2.45. The van der Waals surface area contributed by atoms with E-state index in [-0.39, 0.29) is 0 Å². The monoisotopic (exact) mass is 730 g/mol. The van der Waals surface area contributed by atoms with Crippen molar-refractivity contribution in [1.29, 1.82) is 0 Å². The van der Waals surface area contributed by atoms with Gasteiger partial charge in [-0.1, -0.05) is 11.8 Å². The van der Waals surface area contributed by atoms with Crippen LogP contribution in [-0.2, 0) is 0 Å². The third-order valence-corrected chi connectivity index (χ3v) is 13.8. The molecule has 0 fully saturated rings. The van der Waals surface area contributed by atoms with E-state index in [1.165, 1.54) is 32.5 Å². The SMILES string of the molecule is Cc1c(Sc2sc(I)c(I)c2C)sc(I)c1I. The first-order chi connectivity index (χ1) is 7.91. The molecule has 0 atom stereocenters. The summed E-state index contributed by atoms with van der Waals surface area (Å²) in [6.45, 7) is 4.45. The lowest BCUT2D eigenvalue weighted by Crippen LogP contribution is -1.76. The van der Waals surface area contributed by atoms with Crippen LogP contribution in [0.1, 0.15) is 11.1 Å². The molecule has 2 rings (SSSR count). The Labute approximate surface area is 168 Å². The molecule has 0 aromatic carbocycles. The third-order valence-electron chi connectivity index (χ3n) is 2.17. The van der Waals surface area contributed by atoms with Crippen LogP contribution < -0.4 is 0 Å². The summed E-state index contributed by atoms with van der Waals surface area (Å²) in [7, 11) is 0. The zero-order chi connectivity index (χ0) is 12.7. The van der Waals surface area contributed by atoms with Gasteiger partial charge in [0.2, 0.25) is 0 Å². The highest BCUT2D eigenvalue weighted by Gasteiger charge is 2.16. The number of rotatable bonds is 2. The van der Waals surface area contributed by atoms with Crippen LogP contribution in [0.3, 0.4) is 0 Å². The predicted molar refractivity (Wildman–Crippen MR) is 113 cm³/mol. The van der Waals surface area contributed by atoms with Crippen LogP contribution in [0, 0.1) is 26.8 Å². The fraction of sp³-hybridized carbons (Fsp3) is 0.200. The molecule has 2 aromatic rings. The van der Waals surface area contributed by atoms with Crippen LogP contribution >= 0.6 is 125 Å². The summed E-state index contributed by atoms with van der Waals surface area (Å²) in [5, 5.41) is 0. The highest BCUT2D eigenvalue weighted by atomic mass is 127. The summed E-state index contributed by atoms with van der Waals surface area (Å²) in [4.78, 5) is 0. The number of hydrogen-bond donors (Lipinski definition) is 0. The van der Waals surface area contributed by atoms with Gasteiger partial charge < -0.3 is 0 Å². The third kappa shape index (κ3) is 3.47. The smallest absolute Gasteiger partial charge is 0.0801 e. The van der Waals surface area contributed by atoms with Gasteiger partial charge in [-0.3, -0.25) is 0 Å². The van der Waals surface area contributed by atoms with Gasteiger partial charge in [0.25, 0.3) is 0 Å². The van der Waals surface area contributed by atoms with E-state index in [9.17, 15) is 0 Å². The summed E-state index contributed by atoms with van der Waals surface area (Å²) in [5.41, 5.74) is 2.87. The van der Waals surface area contributed by atoms with Crippen molar-refractivity contribution in [3.8, 4) is 0 Å². The Bertz CT molecular complexity index is 520. The van der Waals surface area contributed by atoms with Crippen LogP contribution in [0.4, 0.5) is 0 Å². The summed E-state index contributed by atoms with van der Waals surface area (Å²) in [6, 6.07) is 0. The van der Waals surface area contributed by atoms with Gasteiger partial charge in [0.15, 0.2) is 0 Å². The molecule has 0 spiro atoms. The Morgan fingerprint density at radius 1 is 0.765 bits per heavy atom. The molecular formula is C10H6I4S3. The molecule has 0 nitrogen and oxygen atoms in total. The van der Waals surface area contributed by atoms with Crippen molar-refractivity contribution in [1.82, 2.24) is 0 Å². The maximum atomic E-state index is 2.44. The van der Waals surface area contributed by atoms with Crippen LogP contribution in [0.5, 0.6) is 0 Å². The standard InChI is InChI=1S/C10H6I4S3/c1-3-5(11)7(13)15-9(3)17-10-4(2)6(12)8(14)16-10/h1-2H3.